The highest BCUT2D eigenvalue weighted by Crippen LogP contribution is 2.28. The van der Waals surface area contributed by atoms with Crippen molar-refractivity contribution in [2.24, 2.45) is 5.73 Å². The van der Waals surface area contributed by atoms with Crippen LogP contribution in [0.5, 0.6) is 11.5 Å². The predicted molar refractivity (Wildman–Crippen MR) is 76.5 cm³/mol. The summed E-state index contributed by atoms with van der Waals surface area (Å²) in [5.41, 5.74) is 7.76. The minimum Gasteiger partial charge on any atom is -0.508 e. The van der Waals surface area contributed by atoms with Gasteiger partial charge in [-0.2, -0.15) is 0 Å². The maximum atomic E-state index is 9.22. The summed E-state index contributed by atoms with van der Waals surface area (Å²) >= 11 is 5.96. The molecule has 0 aliphatic carbocycles. The van der Waals surface area contributed by atoms with Gasteiger partial charge in [0, 0.05) is 16.6 Å². The van der Waals surface area contributed by atoms with Crippen LogP contribution in [0.1, 0.15) is 24.1 Å². The van der Waals surface area contributed by atoms with E-state index >= 15 is 0 Å². The molecule has 3 nitrogen and oxygen atoms in total. The van der Waals surface area contributed by atoms with Crippen molar-refractivity contribution in [3.8, 4) is 11.5 Å². The zero-order valence-electron chi connectivity index (χ0n) is 10.6. The molecule has 0 aliphatic rings. The molecule has 4 heteroatoms. The van der Waals surface area contributed by atoms with Gasteiger partial charge < -0.3 is 15.6 Å². The molecule has 2 aromatic rings. The Hall–Kier alpha value is -1.71. The Morgan fingerprint density at radius 3 is 2.53 bits per heavy atom. The second-order valence-electron chi connectivity index (χ2n) is 4.43. The van der Waals surface area contributed by atoms with Crippen molar-refractivity contribution in [1.29, 1.82) is 0 Å². The van der Waals surface area contributed by atoms with E-state index in [4.69, 9.17) is 22.1 Å². The Labute approximate surface area is 117 Å². The molecular weight excluding hydrogens is 262 g/mol. The number of hydrogen-bond donors (Lipinski definition) is 2. The maximum absolute atomic E-state index is 9.22. The summed E-state index contributed by atoms with van der Waals surface area (Å²) in [6.07, 6.45) is 0. The Kier molecular flexibility index (Phi) is 4.30. The van der Waals surface area contributed by atoms with Crippen molar-refractivity contribution < 1.29 is 9.84 Å². The molecule has 0 saturated heterocycles. The summed E-state index contributed by atoms with van der Waals surface area (Å²) in [6.45, 7) is 2.31. The molecule has 0 amide bonds. The number of aromatic hydroxyl groups is 1. The fraction of sp³-hybridized carbons (Fsp3) is 0.200. The molecule has 0 aromatic heterocycles. The lowest BCUT2D eigenvalue weighted by Gasteiger charge is -2.14. The molecule has 0 fully saturated rings. The van der Waals surface area contributed by atoms with Crippen LogP contribution in [-0.2, 0) is 6.61 Å². The van der Waals surface area contributed by atoms with Crippen molar-refractivity contribution in [2.45, 2.75) is 19.6 Å². The summed E-state index contributed by atoms with van der Waals surface area (Å²) in [7, 11) is 0. The van der Waals surface area contributed by atoms with E-state index in [9.17, 15) is 5.11 Å². The van der Waals surface area contributed by atoms with Gasteiger partial charge in [0.05, 0.1) is 0 Å². The fourth-order valence-electron chi connectivity index (χ4n) is 1.76. The SMILES string of the molecule is C[C@@H](N)c1cc(Cl)ccc1OCc1ccc(O)cc1. The van der Waals surface area contributed by atoms with E-state index in [0.29, 0.717) is 11.6 Å². The smallest absolute Gasteiger partial charge is 0.124 e. The summed E-state index contributed by atoms with van der Waals surface area (Å²) in [5.74, 6) is 0.971. The van der Waals surface area contributed by atoms with Gasteiger partial charge >= 0.3 is 0 Å². The number of benzene rings is 2. The van der Waals surface area contributed by atoms with Crippen molar-refractivity contribution in [3.63, 3.8) is 0 Å². The fourth-order valence-corrected chi connectivity index (χ4v) is 1.94. The van der Waals surface area contributed by atoms with E-state index in [-0.39, 0.29) is 11.8 Å². The standard InChI is InChI=1S/C15H16ClNO2/c1-10(17)14-8-12(16)4-7-15(14)19-9-11-2-5-13(18)6-3-11/h2-8,10,18H,9,17H2,1H3/t10-/m1/s1. The van der Waals surface area contributed by atoms with Crippen LogP contribution >= 0.6 is 11.6 Å². The van der Waals surface area contributed by atoms with E-state index < -0.39 is 0 Å². The van der Waals surface area contributed by atoms with E-state index in [0.717, 1.165) is 16.9 Å². The average molecular weight is 278 g/mol. The van der Waals surface area contributed by atoms with Crippen LogP contribution < -0.4 is 10.5 Å². The molecule has 3 N–H and O–H groups in total. The summed E-state index contributed by atoms with van der Waals surface area (Å²) in [5, 5.41) is 9.86. The molecule has 19 heavy (non-hydrogen) atoms. The zero-order valence-corrected chi connectivity index (χ0v) is 11.4. The third kappa shape index (κ3) is 3.63. The number of phenolic OH excluding ortho intramolecular Hbond substituents is 1. The molecule has 0 spiro atoms. The van der Waals surface area contributed by atoms with Gasteiger partial charge in [0.25, 0.3) is 0 Å². The number of phenols is 1. The van der Waals surface area contributed by atoms with Crippen molar-refractivity contribution in [1.82, 2.24) is 0 Å². The highest BCUT2D eigenvalue weighted by atomic mass is 35.5. The number of nitrogens with two attached hydrogens (primary N) is 1. The van der Waals surface area contributed by atoms with Gasteiger partial charge in [-0.05, 0) is 42.8 Å². The van der Waals surface area contributed by atoms with Gasteiger partial charge in [-0.3, -0.25) is 0 Å². The van der Waals surface area contributed by atoms with E-state index in [2.05, 4.69) is 0 Å². The first-order chi connectivity index (χ1) is 9.06. The van der Waals surface area contributed by atoms with Gasteiger partial charge in [0.1, 0.15) is 18.1 Å². The topological polar surface area (TPSA) is 55.5 Å². The monoisotopic (exact) mass is 277 g/mol. The third-order valence-corrected chi connectivity index (χ3v) is 3.03. The van der Waals surface area contributed by atoms with E-state index in [1.54, 1.807) is 18.2 Å². The van der Waals surface area contributed by atoms with E-state index in [1.165, 1.54) is 0 Å². The Bertz CT molecular complexity index is 553. The van der Waals surface area contributed by atoms with Crippen molar-refractivity contribution in [3.05, 3.63) is 58.6 Å². The lowest BCUT2D eigenvalue weighted by molar-refractivity contribution is 0.301. The van der Waals surface area contributed by atoms with Crippen LogP contribution in [0, 0.1) is 0 Å². The lowest BCUT2D eigenvalue weighted by Crippen LogP contribution is -2.08. The highest BCUT2D eigenvalue weighted by Gasteiger charge is 2.09. The van der Waals surface area contributed by atoms with Crippen LogP contribution in [-0.4, -0.2) is 5.11 Å². The van der Waals surface area contributed by atoms with Crippen LogP contribution in [0.25, 0.3) is 0 Å². The molecule has 0 heterocycles. The summed E-state index contributed by atoms with van der Waals surface area (Å²) in [4.78, 5) is 0. The van der Waals surface area contributed by atoms with Crippen LogP contribution in [0.4, 0.5) is 0 Å². The highest BCUT2D eigenvalue weighted by molar-refractivity contribution is 6.30. The lowest BCUT2D eigenvalue weighted by atomic mass is 10.1. The molecule has 2 rings (SSSR count). The molecule has 0 radical (unpaired) electrons. The second-order valence-corrected chi connectivity index (χ2v) is 4.86. The molecular formula is C15H16ClNO2. The van der Waals surface area contributed by atoms with Crippen LogP contribution in [0.2, 0.25) is 5.02 Å². The van der Waals surface area contributed by atoms with Crippen molar-refractivity contribution >= 4 is 11.6 Å². The first-order valence-electron chi connectivity index (χ1n) is 6.02. The van der Waals surface area contributed by atoms with Crippen molar-refractivity contribution in [2.75, 3.05) is 0 Å². The first kappa shape index (κ1) is 13.7. The summed E-state index contributed by atoms with van der Waals surface area (Å²) in [6, 6.07) is 12.2. The van der Waals surface area contributed by atoms with Gasteiger partial charge in [-0.25, -0.2) is 0 Å². The molecule has 0 bridgehead atoms. The second kappa shape index (κ2) is 5.95. The van der Waals surface area contributed by atoms with Crippen LogP contribution in [0.15, 0.2) is 42.5 Å². The number of halogens is 1. The Morgan fingerprint density at radius 1 is 1.21 bits per heavy atom. The Morgan fingerprint density at radius 2 is 1.89 bits per heavy atom. The number of rotatable bonds is 4. The molecule has 2 aromatic carbocycles. The van der Waals surface area contributed by atoms with Crippen LogP contribution in [0.3, 0.4) is 0 Å². The minimum atomic E-state index is -0.145. The van der Waals surface area contributed by atoms with Gasteiger partial charge in [-0.1, -0.05) is 23.7 Å². The minimum absolute atomic E-state index is 0.145. The third-order valence-electron chi connectivity index (χ3n) is 2.79. The predicted octanol–water partition coefficient (Wildman–Crippen LogP) is 3.64. The normalized spacial score (nSPS) is 12.2. The van der Waals surface area contributed by atoms with Gasteiger partial charge in [0.15, 0.2) is 0 Å². The molecule has 1 atom stereocenters. The molecule has 0 aliphatic heterocycles. The molecule has 0 saturated carbocycles. The van der Waals surface area contributed by atoms with E-state index in [1.807, 2.05) is 31.2 Å². The molecule has 100 valence electrons. The number of hydrogen-bond acceptors (Lipinski definition) is 3. The summed E-state index contributed by atoms with van der Waals surface area (Å²) < 4.78 is 5.76. The maximum Gasteiger partial charge on any atom is 0.124 e. The average Bonchev–Trinajstić information content (AvgIpc) is 2.39. The first-order valence-corrected chi connectivity index (χ1v) is 6.40. The largest absolute Gasteiger partial charge is 0.508 e. The van der Waals surface area contributed by atoms with Gasteiger partial charge in [0.2, 0.25) is 0 Å². The quantitative estimate of drug-likeness (QED) is 0.897. The Balaban J connectivity index is 2.13. The van der Waals surface area contributed by atoms with Gasteiger partial charge in [-0.15, -0.1) is 0 Å². The zero-order chi connectivity index (χ0) is 13.8. The number of ether oxygens (including phenoxy) is 1. The molecule has 0 unspecified atom stereocenters.